The molecule has 2 rings (SSSR count). The molecule has 0 spiro atoms. The van der Waals surface area contributed by atoms with Crippen molar-refractivity contribution in [1.29, 1.82) is 0 Å². The second-order valence-corrected chi connectivity index (χ2v) is 3.58. The predicted molar refractivity (Wildman–Crippen MR) is 54.6 cm³/mol. The normalized spacial score (nSPS) is 10.9. The van der Waals surface area contributed by atoms with E-state index in [2.05, 4.69) is 23.5 Å². The zero-order valence-corrected chi connectivity index (χ0v) is 8.56. The summed E-state index contributed by atoms with van der Waals surface area (Å²) < 4.78 is 9.21. The number of hydrogen-bond donors (Lipinski definition) is 0. The van der Waals surface area contributed by atoms with E-state index in [-0.39, 0.29) is 5.89 Å². The third kappa shape index (κ3) is 1.83. The van der Waals surface area contributed by atoms with Crippen LogP contribution < -0.4 is 5.82 Å². The Morgan fingerprint density at radius 1 is 1.27 bits per heavy atom. The van der Waals surface area contributed by atoms with Crippen LogP contribution >= 0.6 is 0 Å². The molecule has 0 aliphatic carbocycles. The van der Waals surface area contributed by atoms with Crippen LogP contribution in [0.15, 0.2) is 38.0 Å². The molecular formula is C11H11NO3. The fourth-order valence-electron chi connectivity index (χ4n) is 1.49. The molecule has 0 radical (unpaired) electrons. The molecule has 4 nitrogen and oxygen atoms in total. The molecule has 0 unspecified atom stereocenters. The number of nitrogens with zero attached hydrogens (tertiary/aromatic N) is 1. The van der Waals surface area contributed by atoms with E-state index < -0.39 is 5.82 Å². The maximum absolute atomic E-state index is 10.7. The summed E-state index contributed by atoms with van der Waals surface area (Å²) in [4.78, 5) is 10.7. The largest absolute Gasteiger partial charge is 0.542 e. The lowest BCUT2D eigenvalue weighted by Crippen LogP contribution is -1.92. The molecule has 0 saturated heterocycles. The van der Waals surface area contributed by atoms with Crippen molar-refractivity contribution < 1.29 is 8.94 Å². The fourth-order valence-corrected chi connectivity index (χ4v) is 1.49. The summed E-state index contributed by atoms with van der Waals surface area (Å²) in [5.74, 6) is -0.198. The van der Waals surface area contributed by atoms with Gasteiger partial charge in [-0.15, -0.1) is 0 Å². The van der Waals surface area contributed by atoms with E-state index in [0.29, 0.717) is 5.92 Å². The molecule has 0 amide bonds. The zero-order valence-electron chi connectivity index (χ0n) is 8.56. The highest BCUT2D eigenvalue weighted by molar-refractivity contribution is 5.58. The van der Waals surface area contributed by atoms with E-state index in [1.807, 2.05) is 24.3 Å². The van der Waals surface area contributed by atoms with Crippen molar-refractivity contribution >= 4 is 0 Å². The van der Waals surface area contributed by atoms with E-state index in [1.165, 1.54) is 0 Å². The molecule has 0 bridgehead atoms. The van der Waals surface area contributed by atoms with Gasteiger partial charge in [0.05, 0.1) is 0 Å². The molecule has 4 heteroatoms. The van der Waals surface area contributed by atoms with Crippen molar-refractivity contribution in [2.75, 3.05) is 0 Å². The van der Waals surface area contributed by atoms with Gasteiger partial charge in [0.2, 0.25) is 0 Å². The van der Waals surface area contributed by atoms with Crippen LogP contribution in [0, 0.1) is 0 Å². The zero-order chi connectivity index (χ0) is 10.8. The number of aromatic nitrogens is 1. The summed E-state index contributed by atoms with van der Waals surface area (Å²) in [6, 6.07) is 7.65. The van der Waals surface area contributed by atoms with Gasteiger partial charge in [-0.1, -0.05) is 32.0 Å². The maximum Gasteiger partial charge on any atom is 0.542 e. The van der Waals surface area contributed by atoms with Crippen LogP contribution in [0.5, 0.6) is 0 Å². The first-order valence-electron chi connectivity index (χ1n) is 4.74. The predicted octanol–water partition coefficient (Wildman–Crippen LogP) is 2.42. The molecule has 0 fully saturated rings. The van der Waals surface area contributed by atoms with Gasteiger partial charge in [0, 0.05) is 5.56 Å². The quantitative estimate of drug-likeness (QED) is 0.755. The monoisotopic (exact) mass is 205 g/mol. The Bertz CT molecular complexity index is 510. The first-order chi connectivity index (χ1) is 7.18. The smallest absolute Gasteiger partial charge is 0.370 e. The van der Waals surface area contributed by atoms with E-state index >= 15 is 0 Å². The molecule has 0 N–H and O–H groups in total. The second-order valence-electron chi connectivity index (χ2n) is 3.58. The number of benzene rings is 1. The average molecular weight is 205 g/mol. The average Bonchev–Trinajstić information content (AvgIpc) is 2.65. The van der Waals surface area contributed by atoms with Crippen LogP contribution in [0.4, 0.5) is 0 Å². The molecule has 0 aliphatic heterocycles. The highest BCUT2D eigenvalue weighted by atomic mass is 16.6. The minimum atomic E-state index is -0.774. The summed E-state index contributed by atoms with van der Waals surface area (Å²) in [6.07, 6.45) is 0. The van der Waals surface area contributed by atoms with Crippen molar-refractivity contribution in [3.8, 4) is 11.5 Å². The molecule has 0 atom stereocenters. The topological polar surface area (TPSA) is 56.2 Å². The Morgan fingerprint density at radius 2 is 2.00 bits per heavy atom. The first-order valence-corrected chi connectivity index (χ1v) is 4.74. The lowest BCUT2D eigenvalue weighted by Gasteiger charge is -2.08. The summed E-state index contributed by atoms with van der Waals surface area (Å²) in [6.45, 7) is 4.13. The van der Waals surface area contributed by atoms with Crippen molar-refractivity contribution in [3.63, 3.8) is 0 Å². The molecule has 78 valence electrons. The molecular weight excluding hydrogens is 194 g/mol. The van der Waals surface area contributed by atoms with Gasteiger partial charge >= 0.3 is 5.82 Å². The molecule has 0 saturated carbocycles. The van der Waals surface area contributed by atoms with Crippen LogP contribution in [-0.4, -0.2) is 5.16 Å². The third-order valence-electron chi connectivity index (χ3n) is 2.20. The summed E-state index contributed by atoms with van der Waals surface area (Å²) in [7, 11) is 0. The van der Waals surface area contributed by atoms with Gasteiger partial charge in [-0.25, -0.2) is 4.79 Å². The van der Waals surface area contributed by atoms with Crippen molar-refractivity contribution in [2.24, 2.45) is 0 Å². The van der Waals surface area contributed by atoms with Gasteiger partial charge in [-0.2, -0.15) is 0 Å². The van der Waals surface area contributed by atoms with Gasteiger partial charge in [-0.05, 0) is 22.7 Å². The van der Waals surface area contributed by atoms with Gasteiger partial charge in [0.25, 0.3) is 5.89 Å². The Morgan fingerprint density at radius 3 is 2.60 bits per heavy atom. The Balaban J connectivity index is 2.57. The third-order valence-corrected chi connectivity index (χ3v) is 2.20. The van der Waals surface area contributed by atoms with Crippen molar-refractivity contribution in [1.82, 2.24) is 5.16 Å². The fraction of sp³-hybridized carbons (Fsp3) is 0.273. The summed E-state index contributed by atoms with van der Waals surface area (Å²) in [5, 5.41) is 3.57. The molecule has 1 heterocycles. The van der Waals surface area contributed by atoms with E-state index in [9.17, 15) is 4.79 Å². The van der Waals surface area contributed by atoms with Gasteiger partial charge in [0.15, 0.2) is 0 Å². The lowest BCUT2D eigenvalue weighted by atomic mass is 9.97. The van der Waals surface area contributed by atoms with Crippen LogP contribution in [0.25, 0.3) is 11.5 Å². The van der Waals surface area contributed by atoms with Crippen LogP contribution in [-0.2, 0) is 0 Å². The van der Waals surface area contributed by atoms with Crippen LogP contribution in [0.1, 0.15) is 25.3 Å². The SMILES string of the molecule is CC(C)c1ccccc1-c1noc(=O)o1. The minimum Gasteiger partial charge on any atom is -0.370 e. The van der Waals surface area contributed by atoms with E-state index in [1.54, 1.807) is 0 Å². The minimum absolute atomic E-state index is 0.240. The second kappa shape index (κ2) is 3.73. The van der Waals surface area contributed by atoms with Gasteiger partial charge in [-0.3, -0.25) is 4.52 Å². The molecule has 15 heavy (non-hydrogen) atoms. The maximum atomic E-state index is 10.7. The van der Waals surface area contributed by atoms with Crippen LogP contribution in [0.2, 0.25) is 0 Å². The summed E-state index contributed by atoms with van der Waals surface area (Å²) >= 11 is 0. The van der Waals surface area contributed by atoms with Crippen molar-refractivity contribution in [2.45, 2.75) is 19.8 Å². The number of hydrogen-bond acceptors (Lipinski definition) is 4. The van der Waals surface area contributed by atoms with Gasteiger partial charge < -0.3 is 4.42 Å². The van der Waals surface area contributed by atoms with Crippen LogP contribution in [0.3, 0.4) is 0 Å². The van der Waals surface area contributed by atoms with Crippen molar-refractivity contribution in [3.05, 3.63) is 40.4 Å². The highest BCUT2D eigenvalue weighted by Gasteiger charge is 2.13. The molecule has 2 aromatic rings. The molecule has 0 aliphatic rings. The first kappa shape index (κ1) is 9.71. The van der Waals surface area contributed by atoms with Gasteiger partial charge in [0.1, 0.15) is 0 Å². The Labute approximate surface area is 86.5 Å². The van der Waals surface area contributed by atoms with E-state index in [0.717, 1.165) is 11.1 Å². The Kier molecular flexibility index (Phi) is 2.41. The standard InChI is InChI=1S/C11H11NO3/c1-7(2)8-5-3-4-6-9(8)10-12-15-11(13)14-10/h3-7H,1-2H3. The number of rotatable bonds is 2. The summed E-state index contributed by atoms with van der Waals surface area (Å²) in [5.41, 5.74) is 1.88. The Hall–Kier alpha value is -1.84. The molecule has 1 aromatic heterocycles. The van der Waals surface area contributed by atoms with E-state index in [4.69, 9.17) is 4.42 Å². The highest BCUT2D eigenvalue weighted by Crippen LogP contribution is 2.26. The molecule has 1 aromatic carbocycles. The lowest BCUT2D eigenvalue weighted by molar-refractivity contribution is 0.335.